The molecule has 2 aliphatic carbocycles. The number of piperidine rings is 1. The van der Waals surface area contributed by atoms with Gasteiger partial charge in [0, 0.05) is 44.1 Å². The third-order valence-electron chi connectivity index (χ3n) is 10.1. The van der Waals surface area contributed by atoms with Crippen LogP contribution < -0.4 is 15.5 Å². The van der Waals surface area contributed by atoms with E-state index in [0.717, 1.165) is 43.7 Å². The summed E-state index contributed by atoms with van der Waals surface area (Å²) in [4.78, 5) is 2.76. The smallest absolute Gasteiger partial charge is 0.112 e. The summed E-state index contributed by atoms with van der Waals surface area (Å²) >= 11 is 14.8. The normalized spacial score (nSPS) is 37.3. The molecule has 0 aromatic rings. The fraction of sp³-hybridized carbons (Fsp3) is 0.935. The van der Waals surface area contributed by atoms with Crippen molar-refractivity contribution >= 4 is 35.1 Å². The average Bonchev–Trinajstić information content (AvgIpc) is 3.12. The maximum Gasteiger partial charge on any atom is 0.112 e. The van der Waals surface area contributed by atoms with E-state index < -0.39 is 0 Å². The molecule has 0 aromatic heterocycles. The van der Waals surface area contributed by atoms with Crippen LogP contribution in [-0.4, -0.2) is 77.9 Å². The van der Waals surface area contributed by atoms with Crippen LogP contribution in [0.25, 0.3) is 0 Å². The summed E-state index contributed by atoms with van der Waals surface area (Å²) in [7, 11) is 2.03. The molecule has 0 aromatic carbocycles. The number of hydrazine groups is 1. The summed E-state index contributed by atoms with van der Waals surface area (Å²) in [6.07, 6.45) is 12.6. The molecule has 5 nitrogen and oxygen atoms in total. The van der Waals surface area contributed by atoms with Gasteiger partial charge in [-0.2, -0.15) is 0 Å². The van der Waals surface area contributed by atoms with Gasteiger partial charge in [0.05, 0.1) is 5.25 Å². The Balaban J connectivity index is 1.20. The van der Waals surface area contributed by atoms with Gasteiger partial charge in [0.25, 0.3) is 0 Å². The first kappa shape index (κ1) is 32.4. The molecule has 8 atom stereocenters. The number of alkyl halides is 2. The highest BCUT2D eigenvalue weighted by Gasteiger charge is 2.39. The molecule has 0 radical (unpaired) electrons. The number of hydrogen-bond acceptors (Lipinski definition) is 6. The molecule has 8 heteroatoms. The van der Waals surface area contributed by atoms with Crippen molar-refractivity contribution in [3.05, 3.63) is 11.6 Å². The Bertz CT molecular complexity index is 795. The first-order valence-electron chi connectivity index (χ1n) is 15.8. The van der Waals surface area contributed by atoms with Crippen LogP contribution in [0.4, 0.5) is 0 Å². The fourth-order valence-electron chi connectivity index (χ4n) is 7.68. The molecule has 2 heterocycles. The van der Waals surface area contributed by atoms with Crippen molar-refractivity contribution < 1.29 is 0 Å². The lowest BCUT2D eigenvalue weighted by Crippen LogP contribution is -2.52. The number of nitrogens with zero attached hydrogens (tertiary/aromatic N) is 2. The van der Waals surface area contributed by atoms with Crippen LogP contribution in [0.1, 0.15) is 86.0 Å². The zero-order valence-electron chi connectivity index (χ0n) is 25.5. The van der Waals surface area contributed by atoms with Crippen LogP contribution in [0.2, 0.25) is 0 Å². The van der Waals surface area contributed by atoms with E-state index in [4.69, 9.17) is 23.2 Å². The van der Waals surface area contributed by atoms with Crippen molar-refractivity contribution in [1.29, 1.82) is 0 Å². The summed E-state index contributed by atoms with van der Waals surface area (Å²) < 4.78 is 3.70. The van der Waals surface area contributed by atoms with Crippen molar-refractivity contribution in [2.45, 2.75) is 114 Å². The monoisotopic (exact) mass is 601 g/mol. The van der Waals surface area contributed by atoms with Gasteiger partial charge in [0.2, 0.25) is 0 Å². The van der Waals surface area contributed by atoms with E-state index in [9.17, 15) is 0 Å². The third-order valence-corrected chi connectivity index (χ3v) is 12.5. The van der Waals surface area contributed by atoms with Crippen LogP contribution >= 0.6 is 35.1 Å². The highest BCUT2D eigenvalue weighted by Crippen LogP contribution is 2.43. The molecule has 2 aliphatic heterocycles. The maximum atomic E-state index is 6.58. The lowest BCUT2D eigenvalue weighted by atomic mass is 9.68. The molecule has 226 valence electrons. The van der Waals surface area contributed by atoms with Crippen LogP contribution in [0.3, 0.4) is 0 Å². The average molecular weight is 603 g/mol. The maximum absolute atomic E-state index is 6.58. The predicted molar refractivity (Wildman–Crippen MR) is 171 cm³/mol. The van der Waals surface area contributed by atoms with E-state index >= 15 is 0 Å². The second-order valence-electron chi connectivity index (χ2n) is 14.2. The van der Waals surface area contributed by atoms with Crippen molar-refractivity contribution in [2.24, 2.45) is 29.1 Å². The molecule has 3 N–H and O–H groups in total. The van der Waals surface area contributed by atoms with Crippen LogP contribution in [0.15, 0.2) is 11.6 Å². The molecule has 0 bridgehead atoms. The molecule has 6 unspecified atom stereocenters. The minimum atomic E-state index is 0.0353. The van der Waals surface area contributed by atoms with E-state index in [1.165, 1.54) is 58.2 Å². The van der Waals surface area contributed by atoms with E-state index in [-0.39, 0.29) is 5.50 Å². The first-order valence-corrected chi connectivity index (χ1v) is 17.6. The molecule has 39 heavy (non-hydrogen) atoms. The minimum absolute atomic E-state index is 0.0353. The Morgan fingerprint density at radius 3 is 2.49 bits per heavy atom. The second-order valence-corrected chi connectivity index (χ2v) is 16.3. The number of likely N-dealkylation sites (tertiary alicyclic amines) is 1. The first-order chi connectivity index (χ1) is 18.5. The largest absolute Gasteiger partial charge is 0.312 e. The van der Waals surface area contributed by atoms with Crippen LogP contribution in [0.5, 0.6) is 0 Å². The van der Waals surface area contributed by atoms with Gasteiger partial charge in [-0.05, 0) is 94.0 Å². The summed E-state index contributed by atoms with van der Waals surface area (Å²) in [6, 6.07) is 0.955. The molecular formula is C31H57Cl2N5S. The van der Waals surface area contributed by atoms with E-state index in [0.29, 0.717) is 34.0 Å². The fourth-order valence-corrected chi connectivity index (χ4v) is 9.39. The molecule has 4 rings (SSSR count). The Morgan fingerprint density at radius 1 is 1.13 bits per heavy atom. The molecule has 4 aliphatic rings. The topological polar surface area (TPSA) is 42.6 Å². The lowest BCUT2D eigenvalue weighted by Gasteiger charge is -2.47. The number of hydrogen-bond donors (Lipinski definition) is 3. The van der Waals surface area contributed by atoms with Crippen molar-refractivity contribution in [3.8, 4) is 0 Å². The number of allylic oxidation sites excluding steroid dienone is 2. The number of rotatable bonds is 11. The third kappa shape index (κ3) is 8.98. The molecule has 3 fully saturated rings. The van der Waals surface area contributed by atoms with E-state index in [1.807, 2.05) is 24.0 Å². The second kappa shape index (κ2) is 14.8. The van der Waals surface area contributed by atoms with Gasteiger partial charge in [-0.25, -0.2) is 10.4 Å². The van der Waals surface area contributed by atoms with Gasteiger partial charge in [-0.3, -0.25) is 4.72 Å². The Hall–Kier alpha value is 0.470. The van der Waals surface area contributed by atoms with Gasteiger partial charge in [0.1, 0.15) is 5.50 Å². The van der Waals surface area contributed by atoms with Gasteiger partial charge in [-0.15, -0.1) is 23.2 Å². The molecule has 0 spiro atoms. The summed E-state index contributed by atoms with van der Waals surface area (Å²) in [5.41, 5.74) is 5.48. The molecular weight excluding hydrogens is 545 g/mol. The minimum Gasteiger partial charge on any atom is -0.312 e. The number of halogens is 2. The summed E-state index contributed by atoms with van der Waals surface area (Å²) in [5.74, 6) is 2.93. The van der Waals surface area contributed by atoms with Gasteiger partial charge in [-0.1, -0.05) is 57.7 Å². The Kier molecular flexibility index (Phi) is 12.3. The van der Waals surface area contributed by atoms with Crippen LogP contribution in [-0.2, 0) is 0 Å². The zero-order valence-corrected chi connectivity index (χ0v) is 27.9. The SMILES string of the molecule is CC1NN(C)C(Cl)C1SNCC1CCCC(CN[C@@H](CN2CC[C@H](C3=CCC(Cl)CC3)C(C)(C)C2)C(C)C)C1. The standard InChI is InChI=1S/C31H57Cl2N5S/c1-21(2)28(19-38-15-14-27(31(4,5)20-38)25-10-12-26(32)13-11-25)34-17-23-8-7-9-24(16-23)18-35-39-29-22(3)36-37(6)30(29)33/h10,21-24,26-30,34-36H,7-9,11-20H2,1-6H3/t22?,23?,24?,26?,27-,28+,29?,30?/m1/s1. The quantitative estimate of drug-likeness (QED) is 0.109. The Labute approximate surface area is 254 Å². The summed E-state index contributed by atoms with van der Waals surface area (Å²) in [5, 5.41) is 6.81. The molecule has 2 saturated heterocycles. The van der Waals surface area contributed by atoms with Gasteiger partial charge < -0.3 is 10.2 Å². The molecule has 1 saturated carbocycles. The van der Waals surface area contributed by atoms with E-state index in [1.54, 1.807) is 5.57 Å². The highest BCUT2D eigenvalue weighted by molar-refractivity contribution is 7.98. The Morgan fingerprint density at radius 2 is 1.87 bits per heavy atom. The van der Waals surface area contributed by atoms with Gasteiger partial charge >= 0.3 is 0 Å². The van der Waals surface area contributed by atoms with Gasteiger partial charge in [0.15, 0.2) is 0 Å². The van der Waals surface area contributed by atoms with Crippen molar-refractivity contribution in [3.63, 3.8) is 0 Å². The molecule has 0 amide bonds. The zero-order chi connectivity index (χ0) is 28.2. The van der Waals surface area contributed by atoms with Crippen molar-refractivity contribution in [2.75, 3.05) is 39.8 Å². The lowest BCUT2D eigenvalue weighted by molar-refractivity contribution is 0.0590. The van der Waals surface area contributed by atoms with Crippen molar-refractivity contribution in [1.82, 2.24) is 25.4 Å². The highest BCUT2D eigenvalue weighted by atomic mass is 35.5. The summed E-state index contributed by atoms with van der Waals surface area (Å²) in [6.45, 7) is 17.9. The van der Waals surface area contributed by atoms with Crippen LogP contribution in [0, 0.1) is 29.1 Å². The predicted octanol–water partition coefficient (Wildman–Crippen LogP) is 6.48. The number of nitrogens with one attached hydrogen (secondary N) is 3. The van der Waals surface area contributed by atoms with E-state index in [2.05, 4.69) is 61.1 Å².